The summed E-state index contributed by atoms with van der Waals surface area (Å²) >= 11 is 6.24. The van der Waals surface area contributed by atoms with Crippen LogP contribution in [-0.2, 0) is 48.0 Å². The Hall–Kier alpha value is -4.08. The van der Waals surface area contributed by atoms with Crippen molar-refractivity contribution in [2.24, 2.45) is 17.3 Å². The molecule has 2 fully saturated rings. The van der Waals surface area contributed by atoms with Gasteiger partial charge in [0.15, 0.2) is 4.87 Å². The Morgan fingerprint density at radius 3 is 2.70 bits per heavy atom. The van der Waals surface area contributed by atoms with Crippen LogP contribution in [0, 0.1) is 17.3 Å². The first-order chi connectivity index (χ1) is 26.6. The van der Waals surface area contributed by atoms with E-state index >= 15 is 0 Å². The maximum atomic E-state index is 14.2. The van der Waals surface area contributed by atoms with E-state index in [1.54, 1.807) is 20.4 Å². The smallest absolute Gasteiger partial charge is 0.338 e. The second kappa shape index (κ2) is 15.7. The van der Waals surface area contributed by atoms with Gasteiger partial charge in [0.2, 0.25) is 5.91 Å². The van der Waals surface area contributed by atoms with E-state index in [1.807, 2.05) is 32.2 Å². The van der Waals surface area contributed by atoms with Crippen LogP contribution in [0.2, 0.25) is 0 Å². The largest absolute Gasteiger partial charge is 0.463 e. The number of nitrogens with zero attached hydrogens (tertiary/aromatic N) is 4. The molecular formula is C42H52N6O6S2. The third-order valence-electron chi connectivity index (χ3n) is 11.4. The highest BCUT2D eigenvalue weighted by Gasteiger charge is 2.47. The number of carbonyl (C=O) groups is 3. The molecular weight excluding hydrogens is 749 g/mol. The number of thiazole rings is 1. The summed E-state index contributed by atoms with van der Waals surface area (Å²) in [5.74, 6) is -1.47. The molecule has 2 N–H and O–H groups in total. The first-order valence-electron chi connectivity index (χ1n) is 19.2. The van der Waals surface area contributed by atoms with E-state index in [-0.39, 0.29) is 48.9 Å². The molecule has 6 atom stereocenters. The molecule has 6 bridgehead atoms. The zero-order chi connectivity index (χ0) is 40.1. The number of rotatable bonds is 8. The molecule has 7 rings (SSSR count). The molecule has 5 heterocycles. The summed E-state index contributed by atoms with van der Waals surface area (Å²) in [4.78, 5) is 50.0. The third kappa shape index (κ3) is 7.78. The van der Waals surface area contributed by atoms with Crippen LogP contribution >= 0.6 is 24.0 Å². The SMILES string of the molecule is C=C1[C@@H](C(=O)NC2Cc3nc(cs3)-c3ccc4c(c3)c(c(-c3cccnc3[C@H](C)OC)n4C[C@H](C)OC)CC(C)(C)COC(=O)[C@@]3(S)CCCN(N3)C2=O)[C@@H]1C. The lowest BCUT2D eigenvalue weighted by atomic mass is 9.84. The highest BCUT2D eigenvalue weighted by Crippen LogP contribution is 2.44. The zero-order valence-electron chi connectivity index (χ0n) is 33.2. The van der Waals surface area contributed by atoms with Gasteiger partial charge in [0.05, 0.1) is 46.8 Å². The van der Waals surface area contributed by atoms with Crippen molar-refractivity contribution in [1.29, 1.82) is 0 Å². The number of esters is 1. The van der Waals surface area contributed by atoms with Gasteiger partial charge in [-0.15, -0.1) is 24.0 Å². The molecule has 56 heavy (non-hydrogen) atoms. The van der Waals surface area contributed by atoms with Crippen LogP contribution in [0.4, 0.5) is 0 Å². The quantitative estimate of drug-likeness (QED) is 0.107. The molecule has 1 aromatic carbocycles. The molecule has 12 nitrogen and oxygen atoms in total. The molecule has 3 aromatic heterocycles. The van der Waals surface area contributed by atoms with Crippen LogP contribution in [0.3, 0.4) is 0 Å². The number of hydrogen-bond donors (Lipinski definition) is 3. The van der Waals surface area contributed by atoms with Gasteiger partial charge in [-0.05, 0) is 68.9 Å². The van der Waals surface area contributed by atoms with Crippen LogP contribution in [0.25, 0.3) is 33.4 Å². The Kier molecular flexibility index (Phi) is 11.2. The molecule has 4 aromatic rings. The second-order valence-electron chi connectivity index (χ2n) is 16.2. The normalized spacial score (nSPS) is 25.0. The van der Waals surface area contributed by atoms with Crippen LogP contribution in [0.1, 0.15) is 69.8 Å². The van der Waals surface area contributed by atoms with Crippen LogP contribution in [0.15, 0.2) is 54.1 Å². The van der Waals surface area contributed by atoms with Crippen molar-refractivity contribution < 1.29 is 28.6 Å². The summed E-state index contributed by atoms with van der Waals surface area (Å²) < 4.78 is 20.1. The Labute approximate surface area is 337 Å². The number of cyclic esters (lactones) is 1. The monoisotopic (exact) mass is 800 g/mol. The molecule has 1 aliphatic carbocycles. The molecule has 0 spiro atoms. The molecule has 3 aliphatic rings. The van der Waals surface area contributed by atoms with Crippen molar-refractivity contribution in [3.05, 3.63) is 70.3 Å². The number of hydrogen-bond acceptors (Lipinski definition) is 11. The van der Waals surface area contributed by atoms with Crippen molar-refractivity contribution >= 4 is 52.7 Å². The van der Waals surface area contributed by atoms with Gasteiger partial charge in [-0.25, -0.2) is 15.2 Å². The number of benzene rings is 1. The van der Waals surface area contributed by atoms with E-state index in [4.69, 9.17) is 36.8 Å². The van der Waals surface area contributed by atoms with Gasteiger partial charge in [0.1, 0.15) is 6.04 Å². The number of ether oxygens (including phenoxy) is 3. The predicted octanol–water partition coefficient (Wildman–Crippen LogP) is 6.30. The van der Waals surface area contributed by atoms with E-state index in [0.29, 0.717) is 37.4 Å². The molecule has 2 aliphatic heterocycles. The predicted molar refractivity (Wildman–Crippen MR) is 220 cm³/mol. The molecule has 1 saturated carbocycles. The number of pyridine rings is 1. The molecule has 14 heteroatoms. The fraction of sp³-hybridized carbons (Fsp3) is 0.500. The zero-order valence-corrected chi connectivity index (χ0v) is 34.9. The number of amides is 2. The van der Waals surface area contributed by atoms with E-state index < -0.39 is 22.3 Å². The van der Waals surface area contributed by atoms with Crippen molar-refractivity contribution in [3.63, 3.8) is 0 Å². The maximum absolute atomic E-state index is 14.2. The Balaban J connectivity index is 1.39. The fourth-order valence-corrected chi connectivity index (χ4v) is 9.11. The molecule has 298 valence electrons. The summed E-state index contributed by atoms with van der Waals surface area (Å²) in [5.41, 5.74) is 9.93. The lowest BCUT2D eigenvalue weighted by Crippen LogP contribution is -2.64. The Bertz CT molecular complexity index is 2180. The van der Waals surface area contributed by atoms with Crippen molar-refractivity contribution in [1.82, 2.24) is 30.3 Å². The van der Waals surface area contributed by atoms with Crippen molar-refractivity contribution in [3.8, 4) is 22.5 Å². The van der Waals surface area contributed by atoms with E-state index in [9.17, 15) is 14.4 Å². The minimum atomic E-state index is -1.45. The van der Waals surface area contributed by atoms with Gasteiger partial charge in [-0.1, -0.05) is 39.0 Å². The number of hydrazine groups is 1. The van der Waals surface area contributed by atoms with Crippen LogP contribution in [-0.4, -0.2) is 81.7 Å². The highest BCUT2D eigenvalue weighted by atomic mass is 32.1. The van der Waals surface area contributed by atoms with E-state index in [0.717, 1.165) is 50.2 Å². The number of nitrogens with one attached hydrogen (secondary N) is 2. The van der Waals surface area contributed by atoms with Crippen LogP contribution < -0.4 is 10.7 Å². The number of thiol groups is 1. The highest BCUT2D eigenvalue weighted by molar-refractivity contribution is 7.82. The van der Waals surface area contributed by atoms with Crippen molar-refractivity contribution in [2.75, 3.05) is 27.4 Å². The first kappa shape index (κ1) is 40.1. The Morgan fingerprint density at radius 1 is 1.21 bits per heavy atom. The standard InChI is InChI=1S/C42H52N6O6S2/c1-23(52-7)20-47-33-13-12-27-17-29(33)30(37(47)28-11-9-15-43-36(28)26(4)53-8)19-41(5,6)22-54-40(51)42(55)14-10-16-48(46-42)39(50)31(18-34-44-32(27)21-56-34)45-38(49)35-24(2)25(35)3/h9,11-13,15,17,21,23,25-26,31,35,46,55H,2,10,14,16,18-20,22H2,1,3-8H3,(H,45,49)/t23-,25+,26-,31?,35+,42-/m0/s1. The van der Waals surface area contributed by atoms with Gasteiger partial charge in [-0.3, -0.25) is 19.6 Å². The average Bonchev–Trinajstić information content (AvgIpc) is 3.45. The Morgan fingerprint density at radius 2 is 1.98 bits per heavy atom. The van der Waals surface area contributed by atoms with Gasteiger partial charge < -0.3 is 24.1 Å². The number of carbonyl (C=O) groups excluding carboxylic acids is 3. The molecule has 2 amide bonds. The average molecular weight is 801 g/mol. The molecule has 1 unspecified atom stereocenters. The lowest BCUT2D eigenvalue weighted by Gasteiger charge is -2.40. The molecule has 0 radical (unpaired) electrons. The summed E-state index contributed by atoms with van der Waals surface area (Å²) in [5, 5.41) is 8.12. The van der Waals surface area contributed by atoms with Crippen molar-refractivity contribution in [2.45, 2.75) is 90.0 Å². The topological polar surface area (TPSA) is 137 Å². The minimum absolute atomic E-state index is 0.0500. The third-order valence-corrected chi connectivity index (χ3v) is 12.8. The number of fused-ring (bicyclic) bond motifs is 6. The van der Waals surface area contributed by atoms with E-state index in [1.165, 1.54) is 16.3 Å². The number of methoxy groups -OCH3 is 2. The van der Waals surface area contributed by atoms with Gasteiger partial charge in [0.25, 0.3) is 5.91 Å². The van der Waals surface area contributed by atoms with Gasteiger partial charge in [-0.2, -0.15) is 0 Å². The van der Waals surface area contributed by atoms with E-state index in [2.05, 4.69) is 60.0 Å². The fourth-order valence-electron chi connectivity index (χ4n) is 7.92. The summed E-state index contributed by atoms with van der Waals surface area (Å²) in [6.07, 6.45) is 2.99. The molecule has 1 saturated heterocycles. The maximum Gasteiger partial charge on any atom is 0.338 e. The summed E-state index contributed by atoms with van der Waals surface area (Å²) in [6, 6.07) is 9.47. The van der Waals surface area contributed by atoms with Gasteiger partial charge in [0, 0.05) is 72.8 Å². The summed E-state index contributed by atoms with van der Waals surface area (Å²) in [6.45, 7) is 15.2. The second-order valence-corrected chi connectivity index (χ2v) is 18.0. The number of aromatic nitrogens is 3. The first-order valence-corrected chi connectivity index (χ1v) is 20.6. The van der Waals surface area contributed by atoms with Crippen LogP contribution in [0.5, 0.6) is 0 Å². The lowest BCUT2D eigenvalue weighted by molar-refractivity contribution is -0.157. The van der Waals surface area contributed by atoms with Gasteiger partial charge >= 0.3 is 5.97 Å². The minimum Gasteiger partial charge on any atom is -0.463 e. The summed E-state index contributed by atoms with van der Waals surface area (Å²) in [7, 11) is 3.40.